The topological polar surface area (TPSA) is 52.6 Å². The van der Waals surface area contributed by atoms with Gasteiger partial charge in [0.15, 0.2) is 0 Å². The number of benzene rings is 1. The maximum Gasteiger partial charge on any atom is 0.344 e. The molecule has 1 aromatic rings. The van der Waals surface area contributed by atoms with Crippen molar-refractivity contribution in [2.24, 2.45) is 0 Å². The normalized spacial score (nSPS) is 9.45. The van der Waals surface area contributed by atoms with Crippen molar-refractivity contribution in [1.29, 1.82) is 0 Å². The van der Waals surface area contributed by atoms with E-state index in [0.717, 1.165) is 18.1 Å². The van der Waals surface area contributed by atoms with Crippen LogP contribution in [-0.2, 0) is 22.3 Å². The molecular formula is C18H18O4. The Kier molecular flexibility index (Phi) is 6.57. The molecule has 0 fully saturated rings. The fourth-order valence-corrected chi connectivity index (χ4v) is 2.09. The Bertz CT molecular complexity index is 626. The van der Waals surface area contributed by atoms with E-state index in [2.05, 4.69) is 26.3 Å². The Hall–Kier alpha value is -2.88. The van der Waals surface area contributed by atoms with Crippen LogP contribution in [0.3, 0.4) is 0 Å². The maximum absolute atomic E-state index is 12.2. The van der Waals surface area contributed by atoms with Gasteiger partial charge in [-0.25, -0.2) is 9.59 Å². The molecule has 0 saturated heterocycles. The summed E-state index contributed by atoms with van der Waals surface area (Å²) in [4.78, 5) is 24.3. The van der Waals surface area contributed by atoms with E-state index in [-0.39, 0.29) is 11.1 Å². The summed E-state index contributed by atoms with van der Waals surface area (Å²) >= 11 is 0. The molecule has 0 saturated carbocycles. The van der Waals surface area contributed by atoms with Gasteiger partial charge in [0.1, 0.15) is 0 Å². The molecule has 4 nitrogen and oxygen atoms in total. The summed E-state index contributed by atoms with van der Waals surface area (Å²) in [6.45, 7) is 14.1. The molecule has 22 heavy (non-hydrogen) atoms. The zero-order valence-electron chi connectivity index (χ0n) is 12.3. The van der Waals surface area contributed by atoms with Gasteiger partial charge in [0.05, 0.1) is 23.7 Å². The molecule has 4 heteroatoms. The van der Waals surface area contributed by atoms with Gasteiger partial charge in [-0.3, -0.25) is 0 Å². The van der Waals surface area contributed by atoms with Gasteiger partial charge in [-0.1, -0.05) is 31.4 Å². The minimum atomic E-state index is -0.679. The van der Waals surface area contributed by atoms with Crippen molar-refractivity contribution in [3.8, 4) is 0 Å². The summed E-state index contributed by atoms with van der Waals surface area (Å²) in [7, 11) is 0. The minimum absolute atomic E-state index is 0.108. The number of hydrogen-bond donors (Lipinski definition) is 0. The molecular weight excluding hydrogens is 280 g/mol. The predicted octanol–water partition coefficient (Wildman–Crippen LogP) is 3.74. The van der Waals surface area contributed by atoms with Crippen LogP contribution in [0.4, 0.5) is 0 Å². The third-order valence-electron chi connectivity index (χ3n) is 2.93. The highest BCUT2D eigenvalue weighted by molar-refractivity contribution is 6.04. The molecule has 0 spiro atoms. The Balaban J connectivity index is 3.59. The van der Waals surface area contributed by atoms with Crippen molar-refractivity contribution in [1.82, 2.24) is 0 Å². The third-order valence-corrected chi connectivity index (χ3v) is 2.93. The number of hydrogen-bond acceptors (Lipinski definition) is 4. The monoisotopic (exact) mass is 298 g/mol. The molecule has 0 unspecified atom stereocenters. The Labute approximate surface area is 130 Å². The van der Waals surface area contributed by atoms with Gasteiger partial charge in [0, 0.05) is 0 Å². The van der Waals surface area contributed by atoms with Gasteiger partial charge in [0.25, 0.3) is 0 Å². The lowest BCUT2D eigenvalue weighted by Crippen LogP contribution is -2.15. The Morgan fingerprint density at radius 1 is 0.909 bits per heavy atom. The zero-order chi connectivity index (χ0) is 16.5. The zero-order valence-corrected chi connectivity index (χ0v) is 12.3. The molecule has 1 aromatic carbocycles. The van der Waals surface area contributed by atoms with Gasteiger partial charge in [-0.05, 0) is 30.0 Å². The van der Waals surface area contributed by atoms with Gasteiger partial charge < -0.3 is 9.47 Å². The second-order valence-electron chi connectivity index (χ2n) is 4.26. The van der Waals surface area contributed by atoms with Gasteiger partial charge in [0.2, 0.25) is 0 Å². The number of carbonyl (C=O) groups is 2. The molecule has 0 aliphatic heterocycles. The first-order valence-corrected chi connectivity index (χ1v) is 6.61. The van der Waals surface area contributed by atoms with Crippen molar-refractivity contribution in [2.75, 3.05) is 0 Å². The number of ether oxygens (including phenoxy) is 2. The van der Waals surface area contributed by atoms with E-state index in [0.29, 0.717) is 18.4 Å². The molecule has 0 aromatic heterocycles. The number of esters is 2. The number of rotatable bonds is 8. The average molecular weight is 298 g/mol. The third kappa shape index (κ3) is 3.82. The number of allylic oxidation sites excluding steroid dienone is 2. The Morgan fingerprint density at radius 2 is 1.50 bits per heavy atom. The largest absolute Gasteiger partial charge is 0.432 e. The van der Waals surface area contributed by atoms with E-state index >= 15 is 0 Å². The van der Waals surface area contributed by atoms with E-state index in [9.17, 15) is 9.59 Å². The highest BCUT2D eigenvalue weighted by Gasteiger charge is 2.24. The fraction of sp³-hybridized carbons (Fsp3) is 0.111. The highest BCUT2D eigenvalue weighted by atomic mass is 16.5. The molecule has 114 valence electrons. The van der Waals surface area contributed by atoms with Gasteiger partial charge in [-0.15, -0.1) is 13.2 Å². The predicted molar refractivity (Wildman–Crippen MR) is 85.5 cm³/mol. The SMILES string of the molecule is C=CCc1ccc(C(=O)OC=C)c(C(=O)OC=C)c1CC=C. The average Bonchev–Trinajstić information content (AvgIpc) is 2.49. The van der Waals surface area contributed by atoms with Crippen LogP contribution in [0.2, 0.25) is 0 Å². The molecule has 0 aliphatic carbocycles. The molecule has 1 rings (SSSR count). The smallest absolute Gasteiger partial charge is 0.344 e. The van der Waals surface area contributed by atoms with Crippen molar-refractivity contribution in [3.05, 3.63) is 85.4 Å². The van der Waals surface area contributed by atoms with Crippen molar-refractivity contribution < 1.29 is 19.1 Å². The summed E-state index contributed by atoms with van der Waals surface area (Å²) < 4.78 is 9.62. The summed E-state index contributed by atoms with van der Waals surface area (Å²) in [5, 5.41) is 0. The molecule has 0 radical (unpaired) electrons. The second kappa shape index (κ2) is 8.42. The van der Waals surface area contributed by atoms with Crippen LogP contribution in [0.5, 0.6) is 0 Å². The lowest BCUT2D eigenvalue weighted by molar-refractivity contribution is 0.0618. The summed E-state index contributed by atoms with van der Waals surface area (Å²) in [5.74, 6) is -1.35. The van der Waals surface area contributed by atoms with Gasteiger partial charge >= 0.3 is 11.9 Å². The molecule has 0 amide bonds. The quantitative estimate of drug-likeness (QED) is 0.417. The number of carbonyl (C=O) groups excluding carboxylic acids is 2. The van der Waals surface area contributed by atoms with Gasteiger partial charge in [-0.2, -0.15) is 0 Å². The lowest BCUT2D eigenvalue weighted by Gasteiger charge is -2.15. The standard InChI is InChI=1S/C18H18O4/c1-5-9-13-11-12-15(17(19)21-7-3)16(14(13)10-6-2)18(20)22-8-4/h5-8,11-12H,1-4,9-10H2. The van der Waals surface area contributed by atoms with Crippen molar-refractivity contribution in [2.45, 2.75) is 12.8 Å². The minimum Gasteiger partial charge on any atom is -0.432 e. The Morgan fingerprint density at radius 3 is 2.05 bits per heavy atom. The maximum atomic E-state index is 12.2. The van der Waals surface area contributed by atoms with Crippen molar-refractivity contribution in [3.63, 3.8) is 0 Å². The summed E-state index contributed by atoms with van der Waals surface area (Å²) in [6.07, 6.45) is 6.34. The van der Waals surface area contributed by atoms with E-state index < -0.39 is 11.9 Å². The summed E-state index contributed by atoms with van der Waals surface area (Å²) in [6, 6.07) is 3.28. The highest BCUT2D eigenvalue weighted by Crippen LogP contribution is 2.24. The van der Waals surface area contributed by atoms with Crippen LogP contribution < -0.4 is 0 Å². The van der Waals surface area contributed by atoms with Crippen LogP contribution in [-0.4, -0.2) is 11.9 Å². The molecule has 0 heterocycles. The van der Waals surface area contributed by atoms with E-state index in [1.807, 2.05) is 0 Å². The first-order valence-electron chi connectivity index (χ1n) is 6.61. The first kappa shape index (κ1) is 17.2. The van der Waals surface area contributed by atoms with Crippen LogP contribution in [0.25, 0.3) is 0 Å². The second-order valence-corrected chi connectivity index (χ2v) is 4.26. The lowest BCUT2D eigenvalue weighted by atomic mass is 9.92. The fourth-order valence-electron chi connectivity index (χ4n) is 2.09. The van der Waals surface area contributed by atoms with E-state index in [4.69, 9.17) is 9.47 Å². The van der Waals surface area contributed by atoms with E-state index in [1.165, 1.54) is 6.07 Å². The van der Waals surface area contributed by atoms with Crippen LogP contribution in [0.1, 0.15) is 31.8 Å². The summed E-state index contributed by atoms with van der Waals surface area (Å²) in [5.41, 5.74) is 1.77. The van der Waals surface area contributed by atoms with Crippen LogP contribution >= 0.6 is 0 Å². The molecule has 0 atom stereocenters. The molecule has 0 aliphatic rings. The molecule has 0 N–H and O–H groups in total. The molecule has 0 bridgehead atoms. The van der Waals surface area contributed by atoms with E-state index in [1.54, 1.807) is 18.2 Å². The van der Waals surface area contributed by atoms with Crippen LogP contribution in [0.15, 0.2) is 63.1 Å². The van der Waals surface area contributed by atoms with Crippen molar-refractivity contribution >= 4 is 11.9 Å². The van der Waals surface area contributed by atoms with Crippen LogP contribution in [0, 0.1) is 0 Å². The first-order chi connectivity index (χ1) is 10.6.